The maximum atomic E-state index is 9.06. The second kappa shape index (κ2) is 5.77. The van der Waals surface area contributed by atoms with Gasteiger partial charge in [0.25, 0.3) is 0 Å². The lowest BCUT2D eigenvalue weighted by Gasteiger charge is -2.11. The first-order valence-electron chi connectivity index (χ1n) is 4.11. The zero-order chi connectivity index (χ0) is 11.4. The fourth-order valence-electron chi connectivity index (χ4n) is 0.854. The maximum Gasteiger partial charge on any atom is 0.139 e. The molecule has 0 heterocycles. The molecule has 1 rings (SSSR count). The van der Waals surface area contributed by atoms with Crippen molar-refractivity contribution in [1.82, 2.24) is 0 Å². The number of hydrogen-bond donors (Lipinski definition) is 2. The van der Waals surface area contributed by atoms with E-state index in [0.29, 0.717) is 20.8 Å². The van der Waals surface area contributed by atoms with E-state index in [-0.39, 0.29) is 13.2 Å². The molecule has 1 aromatic carbocycles. The SMILES string of the molecule is OCC(O)COc1cc(Cl)c(Cl)cc1Cl. The van der Waals surface area contributed by atoms with Gasteiger partial charge >= 0.3 is 0 Å². The Kier molecular flexibility index (Phi) is 4.96. The number of benzene rings is 1. The van der Waals surface area contributed by atoms with Gasteiger partial charge in [0.15, 0.2) is 0 Å². The molecule has 0 fully saturated rings. The van der Waals surface area contributed by atoms with Crippen LogP contribution in [0.15, 0.2) is 12.1 Å². The molecular weight excluding hydrogens is 262 g/mol. The zero-order valence-corrected chi connectivity index (χ0v) is 9.85. The molecular formula is C9H9Cl3O3. The highest BCUT2D eigenvalue weighted by molar-refractivity contribution is 6.43. The molecule has 0 aliphatic carbocycles. The van der Waals surface area contributed by atoms with Gasteiger partial charge in [-0.2, -0.15) is 0 Å². The molecule has 0 aromatic heterocycles. The van der Waals surface area contributed by atoms with Crippen LogP contribution in [0.25, 0.3) is 0 Å². The number of halogens is 3. The first-order chi connectivity index (χ1) is 7.04. The molecule has 15 heavy (non-hydrogen) atoms. The summed E-state index contributed by atoms with van der Waals surface area (Å²) in [6.45, 7) is -0.437. The highest BCUT2D eigenvalue weighted by atomic mass is 35.5. The lowest BCUT2D eigenvalue weighted by atomic mass is 10.3. The van der Waals surface area contributed by atoms with E-state index >= 15 is 0 Å². The van der Waals surface area contributed by atoms with Crippen LogP contribution in [0.4, 0.5) is 0 Å². The molecule has 1 unspecified atom stereocenters. The fraction of sp³-hybridized carbons (Fsp3) is 0.333. The normalized spacial score (nSPS) is 12.6. The number of aliphatic hydroxyl groups excluding tert-OH is 2. The third-order valence-corrected chi connectivity index (χ3v) is 2.63. The summed E-state index contributed by atoms with van der Waals surface area (Å²) >= 11 is 17.3. The highest BCUT2D eigenvalue weighted by Gasteiger charge is 2.09. The molecule has 0 amide bonds. The van der Waals surface area contributed by atoms with E-state index in [4.69, 9.17) is 49.8 Å². The van der Waals surface area contributed by atoms with Crippen molar-refractivity contribution < 1.29 is 14.9 Å². The number of ether oxygens (including phenoxy) is 1. The van der Waals surface area contributed by atoms with Gasteiger partial charge < -0.3 is 14.9 Å². The molecule has 0 aliphatic heterocycles. The van der Waals surface area contributed by atoms with Gasteiger partial charge in [-0.05, 0) is 6.07 Å². The van der Waals surface area contributed by atoms with E-state index in [1.54, 1.807) is 0 Å². The molecule has 6 heteroatoms. The lowest BCUT2D eigenvalue weighted by Crippen LogP contribution is -2.21. The third-order valence-electron chi connectivity index (χ3n) is 1.62. The van der Waals surface area contributed by atoms with E-state index in [1.807, 2.05) is 0 Å². The second-order valence-electron chi connectivity index (χ2n) is 2.84. The predicted molar refractivity (Wildman–Crippen MR) is 60.1 cm³/mol. The van der Waals surface area contributed by atoms with Crippen LogP contribution < -0.4 is 4.74 Å². The summed E-state index contributed by atoms with van der Waals surface area (Å²) in [5, 5.41) is 18.6. The third kappa shape index (κ3) is 3.70. The van der Waals surface area contributed by atoms with Crippen molar-refractivity contribution in [2.45, 2.75) is 6.10 Å². The fourth-order valence-corrected chi connectivity index (χ4v) is 1.44. The van der Waals surface area contributed by atoms with Crippen molar-refractivity contribution in [1.29, 1.82) is 0 Å². The van der Waals surface area contributed by atoms with Crippen molar-refractivity contribution >= 4 is 34.8 Å². The first kappa shape index (κ1) is 12.9. The quantitative estimate of drug-likeness (QED) is 0.827. The zero-order valence-electron chi connectivity index (χ0n) is 7.58. The minimum Gasteiger partial charge on any atom is -0.489 e. The van der Waals surface area contributed by atoms with Gasteiger partial charge in [0.2, 0.25) is 0 Å². The van der Waals surface area contributed by atoms with Gasteiger partial charge in [0.05, 0.1) is 21.7 Å². The van der Waals surface area contributed by atoms with E-state index in [1.165, 1.54) is 12.1 Å². The van der Waals surface area contributed by atoms with Gasteiger partial charge in [-0.15, -0.1) is 0 Å². The molecule has 0 saturated heterocycles. The van der Waals surface area contributed by atoms with Crippen LogP contribution in [0, 0.1) is 0 Å². The van der Waals surface area contributed by atoms with E-state index in [2.05, 4.69) is 0 Å². The van der Waals surface area contributed by atoms with Gasteiger partial charge in [-0.1, -0.05) is 34.8 Å². The molecule has 1 aromatic rings. The molecule has 0 radical (unpaired) electrons. The maximum absolute atomic E-state index is 9.06. The molecule has 0 aliphatic rings. The summed E-state index contributed by atoms with van der Waals surface area (Å²) in [6.07, 6.45) is -0.949. The van der Waals surface area contributed by atoms with Gasteiger partial charge in [0, 0.05) is 6.07 Å². The van der Waals surface area contributed by atoms with Crippen molar-refractivity contribution in [2.75, 3.05) is 13.2 Å². The van der Waals surface area contributed by atoms with Crippen LogP contribution >= 0.6 is 34.8 Å². The summed E-state index contributed by atoms with van der Waals surface area (Å²) < 4.78 is 5.14. The minimum absolute atomic E-state index is 0.0613. The second-order valence-corrected chi connectivity index (χ2v) is 4.07. The van der Waals surface area contributed by atoms with Gasteiger partial charge in [0.1, 0.15) is 18.5 Å². The standard InChI is InChI=1S/C9H9Cl3O3/c10-6-1-8(12)9(2-7(6)11)15-4-5(14)3-13/h1-2,5,13-14H,3-4H2. The molecule has 2 N–H and O–H groups in total. The Morgan fingerprint density at radius 3 is 2.33 bits per heavy atom. The Morgan fingerprint density at radius 2 is 1.73 bits per heavy atom. The first-order valence-corrected chi connectivity index (χ1v) is 5.24. The van der Waals surface area contributed by atoms with Crippen LogP contribution in [0.1, 0.15) is 0 Å². The van der Waals surface area contributed by atoms with Crippen LogP contribution in [0.2, 0.25) is 15.1 Å². The van der Waals surface area contributed by atoms with Crippen LogP contribution in [0.3, 0.4) is 0 Å². The van der Waals surface area contributed by atoms with Crippen LogP contribution in [-0.4, -0.2) is 29.5 Å². The van der Waals surface area contributed by atoms with Crippen molar-refractivity contribution in [3.05, 3.63) is 27.2 Å². The molecule has 0 bridgehead atoms. The summed E-state index contributed by atoms with van der Waals surface area (Å²) in [4.78, 5) is 0. The average molecular weight is 272 g/mol. The Morgan fingerprint density at radius 1 is 1.13 bits per heavy atom. The Balaban J connectivity index is 2.73. The molecule has 1 atom stereocenters. The van der Waals surface area contributed by atoms with E-state index in [0.717, 1.165) is 0 Å². The number of aliphatic hydroxyl groups is 2. The topological polar surface area (TPSA) is 49.7 Å². The molecule has 0 spiro atoms. The minimum atomic E-state index is -0.949. The summed E-state index contributed by atoms with van der Waals surface area (Å²) in [5.41, 5.74) is 0. The summed E-state index contributed by atoms with van der Waals surface area (Å²) in [7, 11) is 0. The molecule has 84 valence electrons. The smallest absolute Gasteiger partial charge is 0.139 e. The van der Waals surface area contributed by atoms with Crippen LogP contribution in [-0.2, 0) is 0 Å². The average Bonchev–Trinajstić information content (AvgIpc) is 2.21. The lowest BCUT2D eigenvalue weighted by molar-refractivity contribution is 0.0536. The van der Waals surface area contributed by atoms with Crippen molar-refractivity contribution in [2.24, 2.45) is 0 Å². The predicted octanol–water partition coefficient (Wildman–Crippen LogP) is 2.38. The van der Waals surface area contributed by atoms with Gasteiger partial charge in [-0.25, -0.2) is 0 Å². The number of hydrogen-bond acceptors (Lipinski definition) is 3. The monoisotopic (exact) mass is 270 g/mol. The molecule has 0 saturated carbocycles. The van der Waals surface area contributed by atoms with Gasteiger partial charge in [-0.3, -0.25) is 0 Å². The Hall–Kier alpha value is -0.190. The summed E-state index contributed by atoms with van der Waals surface area (Å²) in [6, 6.07) is 2.91. The highest BCUT2D eigenvalue weighted by Crippen LogP contribution is 2.33. The number of rotatable bonds is 4. The van der Waals surface area contributed by atoms with Crippen molar-refractivity contribution in [3.63, 3.8) is 0 Å². The Labute approximate surface area is 102 Å². The van der Waals surface area contributed by atoms with E-state index < -0.39 is 6.10 Å². The largest absolute Gasteiger partial charge is 0.489 e. The van der Waals surface area contributed by atoms with E-state index in [9.17, 15) is 0 Å². The van der Waals surface area contributed by atoms with Crippen LogP contribution in [0.5, 0.6) is 5.75 Å². The molecule has 3 nitrogen and oxygen atoms in total. The summed E-state index contributed by atoms with van der Waals surface area (Å²) in [5.74, 6) is 0.318. The Bertz CT molecular complexity index is 344. The van der Waals surface area contributed by atoms with Crippen molar-refractivity contribution in [3.8, 4) is 5.75 Å².